The Bertz CT molecular complexity index is 472. The average Bonchev–Trinajstić information content (AvgIpc) is 2.82. The first-order valence-electron chi connectivity index (χ1n) is 5.73. The second kappa shape index (κ2) is 5.95. The zero-order valence-corrected chi connectivity index (χ0v) is 10.3. The van der Waals surface area contributed by atoms with E-state index in [4.69, 9.17) is 4.74 Å². The molecule has 0 aliphatic rings. The molecule has 0 amide bonds. The first-order chi connectivity index (χ1) is 8.74. The summed E-state index contributed by atoms with van der Waals surface area (Å²) in [5.41, 5.74) is 0. The van der Waals surface area contributed by atoms with Crippen LogP contribution in [0.3, 0.4) is 0 Å². The van der Waals surface area contributed by atoms with E-state index in [9.17, 15) is 0 Å². The second-order valence-corrected chi connectivity index (χ2v) is 3.91. The van der Waals surface area contributed by atoms with Crippen LogP contribution in [-0.4, -0.2) is 32.8 Å². The fourth-order valence-electron chi connectivity index (χ4n) is 1.32. The van der Waals surface area contributed by atoms with E-state index in [0.29, 0.717) is 30.6 Å². The van der Waals surface area contributed by atoms with Gasteiger partial charge in [0.25, 0.3) is 0 Å². The van der Waals surface area contributed by atoms with Crippen molar-refractivity contribution in [3.8, 4) is 5.88 Å². The average molecular weight is 249 g/mol. The number of nitrogens with zero attached hydrogens (tertiary/aromatic N) is 4. The Labute approximate surface area is 105 Å². The topological polar surface area (TPSA) is 86.0 Å². The summed E-state index contributed by atoms with van der Waals surface area (Å²) >= 11 is 0. The molecule has 0 atom stereocenters. The molecule has 7 heteroatoms. The highest BCUT2D eigenvalue weighted by Gasteiger charge is 2.03. The third-order valence-corrected chi connectivity index (χ3v) is 2.03. The molecule has 0 spiro atoms. The van der Waals surface area contributed by atoms with Crippen molar-refractivity contribution in [2.75, 3.05) is 11.9 Å². The van der Waals surface area contributed by atoms with Crippen molar-refractivity contribution in [1.29, 1.82) is 0 Å². The fraction of sp³-hybridized carbons (Fsp3) is 0.455. The van der Waals surface area contributed by atoms with Crippen molar-refractivity contribution in [2.45, 2.75) is 26.4 Å². The van der Waals surface area contributed by atoms with Crippen LogP contribution in [0.15, 0.2) is 23.2 Å². The minimum atomic E-state index is 0.0899. The molecule has 0 aliphatic carbocycles. The maximum atomic E-state index is 5.48. The maximum absolute atomic E-state index is 5.48. The molecule has 18 heavy (non-hydrogen) atoms. The molecule has 96 valence electrons. The molecule has 2 heterocycles. The summed E-state index contributed by atoms with van der Waals surface area (Å²) in [4.78, 5) is 12.2. The second-order valence-electron chi connectivity index (χ2n) is 3.91. The zero-order valence-electron chi connectivity index (χ0n) is 10.3. The Morgan fingerprint density at radius 2 is 2.28 bits per heavy atom. The van der Waals surface area contributed by atoms with Crippen molar-refractivity contribution in [2.24, 2.45) is 0 Å². The van der Waals surface area contributed by atoms with Crippen molar-refractivity contribution in [3.63, 3.8) is 0 Å². The van der Waals surface area contributed by atoms with Gasteiger partial charge >= 0.3 is 0 Å². The molecule has 0 fully saturated rings. The highest BCUT2D eigenvalue weighted by atomic mass is 16.5. The van der Waals surface area contributed by atoms with Crippen LogP contribution in [0.2, 0.25) is 0 Å². The lowest BCUT2D eigenvalue weighted by molar-refractivity contribution is 0.232. The highest BCUT2D eigenvalue weighted by Crippen LogP contribution is 2.10. The van der Waals surface area contributed by atoms with E-state index in [0.717, 1.165) is 0 Å². The minimum Gasteiger partial charge on any atom is -0.475 e. The quantitative estimate of drug-likeness (QED) is 0.825. The third-order valence-electron chi connectivity index (χ3n) is 2.03. The van der Waals surface area contributed by atoms with Crippen molar-refractivity contribution in [3.05, 3.63) is 24.5 Å². The number of rotatable bonds is 6. The van der Waals surface area contributed by atoms with E-state index >= 15 is 0 Å². The molecular formula is C11H15N5O2. The summed E-state index contributed by atoms with van der Waals surface area (Å²) in [6.45, 7) is 4.53. The minimum absolute atomic E-state index is 0.0899. The molecule has 0 aromatic carbocycles. The molecule has 0 unspecified atom stereocenters. The number of ether oxygens (including phenoxy) is 1. The monoisotopic (exact) mass is 249 g/mol. The normalized spacial score (nSPS) is 10.6. The smallest absolute Gasteiger partial charge is 0.225 e. The number of anilines is 1. The van der Waals surface area contributed by atoms with E-state index < -0.39 is 0 Å². The van der Waals surface area contributed by atoms with Crippen LogP contribution in [-0.2, 0) is 6.42 Å². The van der Waals surface area contributed by atoms with E-state index in [1.165, 1.54) is 6.39 Å². The Kier molecular flexibility index (Phi) is 4.06. The number of aromatic nitrogens is 4. The van der Waals surface area contributed by atoms with Gasteiger partial charge in [-0.15, -0.1) is 0 Å². The van der Waals surface area contributed by atoms with E-state index in [1.807, 2.05) is 13.8 Å². The van der Waals surface area contributed by atoms with Gasteiger partial charge in [0.05, 0.1) is 6.10 Å². The summed E-state index contributed by atoms with van der Waals surface area (Å²) in [5, 5.41) is 6.79. The lowest BCUT2D eigenvalue weighted by Crippen LogP contribution is -2.11. The summed E-state index contributed by atoms with van der Waals surface area (Å²) in [7, 11) is 0. The molecule has 7 nitrogen and oxygen atoms in total. The van der Waals surface area contributed by atoms with Gasteiger partial charge in [0.1, 0.15) is 0 Å². The summed E-state index contributed by atoms with van der Waals surface area (Å²) in [5.74, 6) is 1.73. The first-order valence-corrected chi connectivity index (χ1v) is 5.73. The molecule has 0 saturated heterocycles. The molecule has 0 aliphatic heterocycles. The maximum Gasteiger partial charge on any atom is 0.225 e. The van der Waals surface area contributed by atoms with Gasteiger partial charge in [-0.05, 0) is 13.8 Å². The van der Waals surface area contributed by atoms with E-state index in [-0.39, 0.29) is 6.10 Å². The van der Waals surface area contributed by atoms with Crippen LogP contribution < -0.4 is 10.1 Å². The van der Waals surface area contributed by atoms with E-state index in [2.05, 4.69) is 29.9 Å². The van der Waals surface area contributed by atoms with Crippen LogP contribution in [0.1, 0.15) is 19.7 Å². The van der Waals surface area contributed by atoms with Crippen molar-refractivity contribution >= 4 is 5.95 Å². The fourth-order valence-corrected chi connectivity index (χ4v) is 1.32. The predicted molar refractivity (Wildman–Crippen MR) is 64.3 cm³/mol. The van der Waals surface area contributed by atoms with Gasteiger partial charge in [0.2, 0.25) is 18.2 Å². The Balaban J connectivity index is 1.85. The standard InChI is InChI=1S/C11H15N5O2/c1-8(2)18-10-4-6-13-11(15-10)12-5-3-9-14-7-17-16-9/h4,6-8H,3,5H2,1-2H3,(H,12,13,15). The van der Waals surface area contributed by atoms with Gasteiger partial charge in [-0.3, -0.25) is 0 Å². The number of nitrogens with one attached hydrogen (secondary N) is 1. The van der Waals surface area contributed by atoms with Gasteiger partial charge in [0, 0.05) is 25.2 Å². The molecule has 2 aromatic heterocycles. The van der Waals surface area contributed by atoms with E-state index in [1.54, 1.807) is 12.3 Å². The Hall–Kier alpha value is -2.18. The predicted octanol–water partition coefficient (Wildman–Crippen LogP) is 1.30. The van der Waals surface area contributed by atoms with Crippen LogP contribution >= 0.6 is 0 Å². The lowest BCUT2D eigenvalue weighted by atomic mass is 10.4. The van der Waals surface area contributed by atoms with Crippen molar-refractivity contribution < 1.29 is 9.26 Å². The van der Waals surface area contributed by atoms with Crippen LogP contribution in [0.25, 0.3) is 0 Å². The van der Waals surface area contributed by atoms with Gasteiger partial charge in [-0.2, -0.15) is 9.97 Å². The highest BCUT2D eigenvalue weighted by molar-refractivity contribution is 5.27. The molecular weight excluding hydrogens is 234 g/mol. The molecule has 0 saturated carbocycles. The Morgan fingerprint density at radius 3 is 3.00 bits per heavy atom. The lowest BCUT2D eigenvalue weighted by Gasteiger charge is -2.09. The molecule has 1 N–H and O–H groups in total. The number of hydrogen-bond donors (Lipinski definition) is 1. The van der Waals surface area contributed by atoms with Crippen LogP contribution in [0.5, 0.6) is 5.88 Å². The van der Waals surface area contributed by atoms with Gasteiger partial charge in [0.15, 0.2) is 5.82 Å². The summed E-state index contributed by atoms with van der Waals surface area (Å²) in [6.07, 6.45) is 3.70. The third kappa shape index (κ3) is 3.69. The molecule has 0 radical (unpaired) electrons. The summed E-state index contributed by atoms with van der Waals surface area (Å²) in [6, 6.07) is 1.73. The largest absolute Gasteiger partial charge is 0.475 e. The first kappa shape index (κ1) is 12.3. The van der Waals surface area contributed by atoms with Crippen LogP contribution in [0.4, 0.5) is 5.95 Å². The SMILES string of the molecule is CC(C)Oc1ccnc(NCCc2ncon2)n1. The van der Waals surface area contributed by atoms with Gasteiger partial charge in [-0.1, -0.05) is 5.16 Å². The Morgan fingerprint density at radius 1 is 1.39 bits per heavy atom. The van der Waals surface area contributed by atoms with Crippen molar-refractivity contribution in [1.82, 2.24) is 20.1 Å². The van der Waals surface area contributed by atoms with Gasteiger partial charge < -0.3 is 14.6 Å². The van der Waals surface area contributed by atoms with Gasteiger partial charge in [-0.25, -0.2) is 4.98 Å². The molecule has 0 bridgehead atoms. The van der Waals surface area contributed by atoms with Crippen LogP contribution in [0, 0.1) is 0 Å². The molecule has 2 rings (SSSR count). The summed E-state index contributed by atoms with van der Waals surface area (Å²) < 4.78 is 10.1. The molecule has 2 aromatic rings. The number of hydrogen-bond acceptors (Lipinski definition) is 7. The zero-order chi connectivity index (χ0) is 12.8.